The second kappa shape index (κ2) is 4.89. The van der Waals surface area contributed by atoms with Crippen molar-refractivity contribution in [2.45, 2.75) is 45.6 Å². The number of aromatic nitrogens is 1. The van der Waals surface area contributed by atoms with Crippen molar-refractivity contribution in [3.63, 3.8) is 0 Å². The van der Waals surface area contributed by atoms with Crippen molar-refractivity contribution >= 4 is 11.3 Å². The van der Waals surface area contributed by atoms with Crippen molar-refractivity contribution in [1.29, 1.82) is 0 Å². The lowest BCUT2D eigenvalue weighted by atomic mass is 9.91. The van der Waals surface area contributed by atoms with E-state index >= 15 is 0 Å². The Kier molecular flexibility index (Phi) is 4.08. The van der Waals surface area contributed by atoms with Crippen molar-refractivity contribution < 1.29 is 0 Å². The van der Waals surface area contributed by atoms with Gasteiger partial charge < -0.3 is 5.32 Å². The Bertz CT molecular complexity index is 277. The number of rotatable bonds is 5. The van der Waals surface area contributed by atoms with E-state index in [0.717, 1.165) is 18.5 Å². The van der Waals surface area contributed by atoms with E-state index in [9.17, 15) is 0 Å². The maximum Gasteiger partial charge on any atom is 0.113 e. The van der Waals surface area contributed by atoms with Gasteiger partial charge in [0.05, 0.1) is 5.54 Å². The van der Waals surface area contributed by atoms with Gasteiger partial charge in [0, 0.05) is 11.1 Å². The first-order valence-electron chi connectivity index (χ1n) is 5.30. The second-order valence-electron chi connectivity index (χ2n) is 3.73. The van der Waals surface area contributed by atoms with Gasteiger partial charge in [0.15, 0.2) is 0 Å². The summed E-state index contributed by atoms with van der Waals surface area (Å²) in [7, 11) is 2.04. The van der Waals surface area contributed by atoms with Crippen LogP contribution in [-0.4, -0.2) is 12.0 Å². The molecule has 14 heavy (non-hydrogen) atoms. The van der Waals surface area contributed by atoms with Crippen molar-refractivity contribution in [2.75, 3.05) is 7.05 Å². The molecule has 1 aromatic rings. The molecule has 3 heteroatoms. The molecule has 1 N–H and O–H groups in total. The van der Waals surface area contributed by atoms with Crippen LogP contribution in [0.4, 0.5) is 0 Å². The highest BCUT2D eigenvalue weighted by Gasteiger charge is 2.30. The maximum atomic E-state index is 4.60. The molecule has 1 rings (SSSR count). The third kappa shape index (κ3) is 2.15. The predicted octanol–water partition coefficient (Wildman–Crippen LogP) is 3.08. The molecule has 0 bridgehead atoms. The minimum absolute atomic E-state index is 0.105. The van der Waals surface area contributed by atoms with E-state index in [2.05, 4.69) is 36.5 Å². The predicted molar refractivity (Wildman–Crippen MR) is 62.8 cm³/mol. The van der Waals surface area contributed by atoms with Crippen molar-refractivity contribution in [1.82, 2.24) is 10.3 Å². The van der Waals surface area contributed by atoms with Crippen LogP contribution < -0.4 is 5.32 Å². The van der Waals surface area contributed by atoms with E-state index in [-0.39, 0.29) is 5.54 Å². The van der Waals surface area contributed by atoms with Crippen LogP contribution in [0.5, 0.6) is 0 Å². The summed E-state index contributed by atoms with van der Waals surface area (Å²) in [4.78, 5) is 4.60. The average Bonchev–Trinajstić information content (AvgIpc) is 2.62. The molecule has 0 spiro atoms. The molecule has 0 aliphatic rings. The highest BCUT2D eigenvalue weighted by Crippen LogP contribution is 2.31. The Balaban J connectivity index is 2.97. The van der Waals surface area contributed by atoms with Crippen molar-refractivity contribution in [3.8, 4) is 0 Å². The number of nitrogens with one attached hydrogen (secondary N) is 1. The highest BCUT2D eigenvalue weighted by atomic mass is 32.1. The first-order chi connectivity index (χ1) is 6.68. The monoisotopic (exact) mass is 212 g/mol. The molecule has 0 fully saturated rings. The third-order valence-corrected chi connectivity index (χ3v) is 3.95. The van der Waals surface area contributed by atoms with Gasteiger partial charge in [0.1, 0.15) is 5.01 Å². The maximum absolute atomic E-state index is 4.60. The summed E-state index contributed by atoms with van der Waals surface area (Å²) >= 11 is 1.77. The Morgan fingerprint density at radius 3 is 2.57 bits per heavy atom. The van der Waals surface area contributed by atoms with Gasteiger partial charge in [-0.05, 0) is 26.8 Å². The fraction of sp³-hybridized carbons (Fsp3) is 0.727. The molecule has 1 aromatic heterocycles. The molecule has 2 nitrogen and oxygen atoms in total. The van der Waals surface area contributed by atoms with Crippen LogP contribution in [0.2, 0.25) is 0 Å². The van der Waals surface area contributed by atoms with Gasteiger partial charge in [-0.25, -0.2) is 4.98 Å². The van der Waals surface area contributed by atoms with Crippen LogP contribution in [0.3, 0.4) is 0 Å². The summed E-state index contributed by atoms with van der Waals surface area (Å²) in [6.07, 6.45) is 3.45. The molecule has 80 valence electrons. The summed E-state index contributed by atoms with van der Waals surface area (Å²) in [6, 6.07) is 0. The summed E-state index contributed by atoms with van der Waals surface area (Å²) in [6.45, 7) is 6.51. The van der Waals surface area contributed by atoms with Gasteiger partial charge in [0.25, 0.3) is 0 Å². The van der Waals surface area contributed by atoms with Gasteiger partial charge in [-0.15, -0.1) is 11.3 Å². The van der Waals surface area contributed by atoms with Gasteiger partial charge >= 0.3 is 0 Å². The van der Waals surface area contributed by atoms with Gasteiger partial charge in [0.2, 0.25) is 0 Å². The second-order valence-corrected chi connectivity index (χ2v) is 4.59. The molecule has 0 saturated heterocycles. The largest absolute Gasteiger partial charge is 0.308 e. The average molecular weight is 212 g/mol. The summed E-state index contributed by atoms with van der Waals surface area (Å²) in [5.74, 6) is 0. The lowest BCUT2D eigenvalue weighted by Crippen LogP contribution is -2.39. The Hall–Kier alpha value is -0.410. The third-order valence-electron chi connectivity index (χ3n) is 2.79. The van der Waals surface area contributed by atoms with E-state index in [0.29, 0.717) is 0 Å². The van der Waals surface area contributed by atoms with Crippen LogP contribution in [0.25, 0.3) is 0 Å². The zero-order valence-corrected chi connectivity index (χ0v) is 10.4. The zero-order chi connectivity index (χ0) is 10.6. The minimum Gasteiger partial charge on any atom is -0.308 e. The fourth-order valence-electron chi connectivity index (χ4n) is 1.84. The molecule has 0 radical (unpaired) electrons. The lowest BCUT2D eigenvalue weighted by molar-refractivity contribution is 0.316. The van der Waals surface area contributed by atoms with Gasteiger partial charge in [-0.1, -0.05) is 20.3 Å². The molecule has 0 aliphatic heterocycles. The van der Waals surface area contributed by atoms with Gasteiger partial charge in [-0.3, -0.25) is 0 Å². The Morgan fingerprint density at radius 2 is 2.21 bits per heavy atom. The molecular weight excluding hydrogens is 192 g/mol. The number of hydrogen-bond acceptors (Lipinski definition) is 3. The molecular formula is C11H20N2S. The number of nitrogens with zero attached hydrogens (tertiary/aromatic N) is 1. The van der Waals surface area contributed by atoms with Crippen LogP contribution in [0.15, 0.2) is 5.38 Å². The topological polar surface area (TPSA) is 24.9 Å². The van der Waals surface area contributed by atoms with Crippen molar-refractivity contribution in [2.24, 2.45) is 0 Å². The van der Waals surface area contributed by atoms with Crippen LogP contribution in [0.1, 0.15) is 43.8 Å². The molecule has 0 aromatic carbocycles. The first kappa shape index (κ1) is 11.7. The highest BCUT2D eigenvalue weighted by molar-refractivity contribution is 7.09. The molecule has 1 heterocycles. The smallest absolute Gasteiger partial charge is 0.113 e. The summed E-state index contributed by atoms with van der Waals surface area (Å²) < 4.78 is 0. The lowest BCUT2D eigenvalue weighted by Gasteiger charge is -2.30. The van der Waals surface area contributed by atoms with E-state index in [4.69, 9.17) is 0 Å². The Morgan fingerprint density at radius 1 is 1.50 bits per heavy atom. The zero-order valence-electron chi connectivity index (χ0n) is 9.55. The van der Waals surface area contributed by atoms with Crippen LogP contribution in [-0.2, 0) is 5.54 Å². The van der Waals surface area contributed by atoms with E-state index in [1.54, 1.807) is 11.3 Å². The van der Waals surface area contributed by atoms with Crippen molar-refractivity contribution in [3.05, 3.63) is 16.1 Å². The number of thiazole rings is 1. The normalized spacial score (nSPS) is 15.4. The minimum atomic E-state index is 0.105. The van der Waals surface area contributed by atoms with E-state index in [1.807, 2.05) is 7.05 Å². The standard InChI is InChI=1S/C11H20N2S/c1-5-7-11(6-2,12-4)10-13-9(3)8-14-10/h8,12H,5-7H2,1-4H3. The van der Waals surface area contributed by atoms with Gasteiger partial charge in [-0.2, -0.15) is 0 Å². The molecule has 1 atom stereocenters. The molecule has 0 aliphatic carbocycles. The Labute approximate surface area is 90.8 Å². The first-order valence-corrected chi connectivity index (χ1v) is 6.18. The fourth-order valence-corrected chi connectivity index (χ4v) is 2.95. The molecule has 0 amide bonds. The summed E-state index contributed by atoms with van der Waals surface area (Å²) in [5.41, 5.74) is 1.24. The molecule has 0 saturated carbocycles. The molecule has 1 unspecified atom stereocenters. The van der Waals surface area contributed by atoms with Crippen LogP contribution >= 0.6 is 11.3 Å². The number of aryl methyl sites for hydroxylation is 1. The quantitative estimate of drug-likeness (QED) is 0.811. The van der Waals surface area contributed by atoms with E-state index in [1.165, 1.54) is 11.4 Å². The number of hydrogen-bond donors (Lipinski definition) is 1. The van der Waals surface area contributed by atoms with E-state index < -0.39 is 0 Å². The summed E-state index contributed by atoms with van der Waals surface area (Å²) in [5, 5.41) is 6.81. The van der Waals surface area contributed by atoms with Crippen LogP contribution in [0, 0.1) is 6.92 Å². The SMILES string of the molecule is CCCC(CC)(NC)c1nc(C)cs1.